The van der Waals surface area contributed by atoms with Crippen LogP contribution in [-0.2, 0) is 14.3 Å². The Labute approximate surface area is 194 Å². The monoisotopic (exact) mass is 472 g/mol. The van der Waals surface area contributed by atoms with Crippen LogP contribution < -0.4 is 0 Å². The maximum absolute atomic E-state index is 13.2. The lowest BCUT2D eigenvalue weighted by atomic mass is 9.76. The highest BCUT2D eigenvalue weighted by molar-refractivity contribution is 7.91. The number of hydrogen-bond donors (Lipinski definition) is 1. The SMILES string of the molecule is Cc1ccc(S(=O)(=O)C[C@@]2(O)C=C[C@H](O[Si](C)(C)C(C)(C)C)C[C@@H]2c2ccccc2)cc1. The molecule has 0 unspecified atom stereocenters. The third-order valence-corrected chi connectivity index (χ3v) is 13.3. The highest BCUT2D eigenvalue weighted by Crippen LogP contribution is 2.43. The van der Waals surface area contributed by atoms with Crippen molar-refractivity contribution in [3.8, 4) is 0 Å². The lowest BCUT2D eigenvalue weighted by molar-refractivity contribution is 0.0511. The van der Waals surface area contributed by atoms with Crippen LogP contribution in [0.5, 0.6) is 0 Å². The molecule has 1 N–H and O–H groups in total. The van der Waals surface area contributed by atoms with E-state index in [2.05, 4.69) is 33.9 Å². The minimum absolute atomic E-state index is 0.0611. The molecule has 0 aromatic heterocycles. The standard InChI is InChI=1S/C26H36O4SSi/c1-20-12-14-23(15-13-20)31(28,29)19-26(27)17-16-22(30-32(5,6)25(2,3)4)18-24(26)21-10-8-7-9-11-21/h7-17,22,24,27H,18-19H2,1-6H3/t22-,24+,26-/m0/s1. The van der Waals surface area contributed by atoms with Crippen LogP contribution >= 0.6 is 0 Å². The van der Waals surface area contributed by atoms with E-state index in [0.29, 0.717) is 6.42 Å². The summed E-state index contributed by atoms with van der Waals surface area (Å²) in [6, 6.07) is 16.5. The molecule has 2 aromatic carbocycles. The molecule has 0 saturated heterocycles. The number of aryl methyl sites for hydroxylation is 1. The molecule has 1 aliphatic carbocycles. The van der Waals surface area contributed by atoms with Crippen molar-refractivity contribution in [1.82, 2.24) is 0 Å². The largest absolute Gasteiger partial charge is 0.411 e. The second kappa shape index (κ2) is 8.90. The Morgan fingerprint density at radius 1 is 1.06 bits per heavy atom. The first-order valence-corrected chi connectivity index (χ1v) is 15.7. The van der Waals surface area contributed by atoms with Crippen LogP contribution in [0, 0.1) is 6.92 Å². The van der Waals surface area contributed by atoms with Crippen LogP contribution in [0.25, 0.3) is 0 Å². The van der Waals surface area contributed by atoms with Gasteiger partial charge in [-0.15, -0.1) is 0 Å². The van der Waals surface area contributed by atoms with Gasteiger partial charge in [-0.05, 0) is 49.2 Å². The second-order valence-corrected chi connectivity index (χ2v) is 17.3. The average Bonchev–Trinajstić information content (AvgIpc) is 2.69. The van der Waals surface area contributed by atoms with Gasteiger partial charge in [-0.2, -0.15) is 0 Å². The smallest absolute Gasteiger partial charge is 0.192 e. The molecular formula is C26H36O4SSi. The molecule has 0 saturated carbocycles. The summed E-state index contributed by atoms with van der Waals surface area (Å²) in [5, 5.41) is 11.8. The molecule has 0 spiro atoms. The summed E-state index contributed by atoms with van der Waals surface area (Å²) in [5.74, 6) is -0.755. The molecule has 3 atom stereocenters. The molecule has 0 heterocycles. The van der Waals surface area contributed by atoms with Gasteiger partial charge in [0.2, 0.25) is 0 Å². The van der Waals surface area contributed by atoms with E-state index in [0.717, 1.165) is 11.1 Å². The molecule has 0 amide bonds. The van der Waals surface area contributed by atoms with Crippen LogP contribution in [0.15, 0.2) is 71.6 Å². The molecule has 0 fully saturated rings. The summed E-state index contributed by atoms with van der Waals surface area (Å²) in [5.41, 5.74) is 0.397. The van der Waals surface area contributed by atoms with Crippen molar-refractivity contribution >= 4 is 18.2 Å². The number of sulfone groups is 1. The van der Waals surface area contributed by atoms with E-state index >= 15 is 0 Å². The molecule has 1 aliphatic rings. The molecule has 0 bridgehead atoms. The van der Waals surface area contributed by atoms with E-state index in [-0.39, 0.29) is 27.7 Å². The molecule has 174 valence electrons. The number of rotatable bonds is 6. The van der Waals surface area contributed by atoms with Crippen molar-refractivity contribution in [2.45, 2.75) is 74.8 Å². The maximum Gasteiger partial charge on any atom is 0.192 e. The summed E-state index contributed by atoms with van der Waals surface area (Å²) in [7, 11) is -5.71. The lowest BCUT2D eigenvalue weighted by Gasteiger charge is -2.43. The van der Waals surface area contributed by atoms with Crippen molar-refractivity contribution < 1.29 is 18.0 Å². The summed E-state index contributed by atoms with van der Waals surface area (Å²) in [4.78, 5) is 0.233. The Morgan fingerprint density at radius 3 is 2.22 bits per heavy atom. The van der Waals surface area contributed by atoms with E-state index in [1.54, 1.807) is 30.3 Å². The Hall–Kier alpha value is -1.73. The van der Waals surface area contributed by atoms with Gasteiger partial charge in [0.15, 0.2) is 18.2 Å². The van der Waals surface area contributed by atoms with Crippen molar-refractivity contribution in [2.75, 3.05) is 5.75 Å². The third kappa shape index (κ3) is 5.42. The number of aliphatic hydroxyl groups is 1. The van der Waals surface area contributed by atoms with Gasteiger partial charge >= 0.3 is 0 Å². The zero-order chi connectivity index (χ0) is 23.8. The van der Waals surface area contributed by atoms with E-state index in [4.69, 9.17) is 4.43 Å². The van der Waals surface area contributed by atoms with Gasteiger partial charge in [-0.1, -0.05) is 81.0 Å². The fraction of sp³-hybridized carbons (Fsp3) is 0.462. The fourth-order valence-electron chi connectivity index (χ4n) is 3.94. The predicted octanol–water partition coefficient (Wildman–Crippen LogP) is 5.63. The summed E-state index contributed by atoms with van der Waals surface area (Å²) < 4.78 is 33.0. The zero-order valence-corrected chi connectivity index (χ0v) is 21.8. The van der Waals surface area contributed by atoms with Crippen molar-refractivity contribution in [3.05, 3.63) is 77.9 Å². The summed E-state index contributed by atoms with van der Waals surface area (Å²) >= 11 is 0. The van der Waals surface area contributed by atoms with Crippen LogP contribution in [0.1, 0.15) is 44.2 Å². The topological polar surface area (TPSA) is 63.6 Å². The summed E-state index contributed by atoms with van der Waals surface area (Å²) in [6.45, 7) is 12.9. The van der Waals surface area contributed by atoms with E-state index < -0.39 is 23.8 Å². The highest BCUT2D eigenvalue weighted by atomic mass is 32.2. The van der Waals surface area contributed by atoms with E-state index in [9.17, 15) is 13.5 Å². The minimum atomic E-state index is -3.69. The number of hydrogen-bond acceptors (Lipinski definition) is 4. The number of benzene rings is 2. The van der Waals surface area contributed by atoms with E-state index in [1.807, 2.05) is 43.3 Å². The van der Waals surface area contributed by atoms with Crippen LogP contribution in [0.2, 0.25) is 18.1 Å². The molecule has 0 radical (unpaired) electrons. The van der Waals surface area contributed by atoms with Crippen LogP contribution in [-0.4, -0.2) is 39.3 Å². The first-order valence-electron chi connectivity index (χ1n) is 11.2. The molecule has 2 aromatic rings. The Morgan fingerprint density at radius 2 is 1.66 bits per heavy atom. The molecule has 6 heteroatoms. The molecule has 0 aliphatic heterocycles. The quantitative estimate of drug-likeness (QED) is 0.437. The van der Waals surface area contributed by atoms with Crippen molar-refractivity contribution in [3.63, 3.8) is 0 Å². The molecular weight excluding hydrogens is 436 g/mol. The van der Waals surface area contributed by atoms with Gasteiger partial charge in [-0.3, -0.25) is 0 Å². The maximum atomic E-state index is 13.2. The predicted molar refractivity (Wildman–Crippen MR) is 133 cm³/mol. The van der Waals surface area contributed by atoms with Gasteiger partial charge in [0.05, 0.1) is 16.8 Å². The Balaban J connectivity index is 1.96. The summed E-state index contributed by atoms with van der Waals surface area (Å²) in [6.07, 6.45) is 3.90. The van der Waals surface area contributed by atoms with Crippen molar-refractivity contribution in [1.29, 1.82) is 0 Å². The third-order valence-electron chi connectivity index (χ3n) is 6.93. The van der Waals surface area contributed by atoms with Gasteiger partial charge < -0.3 is 9.53 Å². The normalized spacial score (nSPS) is 24.5. The minimum Gasteiger partial charge on any atom is -0.411 e. The molecule has 3 rings (SSSR count). The van der Waals surface area contributed by atoms with Gasteiger partial charge in [0.25, 0.3) is 0 Å². The Bertz CT molecular complexity index is 1050. The average molecular weight is 473 g/mol. The van der Waals surface area contributed by atoms with Gasteiger partial charge in [0.1, 0.15) is 5.60 Å². The Kier molecular flexibility index (Phi) is 6.92. The second-order valence-electron chi connectivity index (χ2n) is 10.5. The van der Waals surface area contributed by atoms with Crippen LogP contribution in [0.3, 0.4) is 0 Å². The first-order chi connectivity index (χ1) is 14.7. The van der Waals surface area contributed by atoms with Gasteiger partial charge in [0, 0.05) is 5.92 Å². The highest BCUT2D eigenvalue weighted by Gasteiger charge is 2.46. The fourth-order valence-corrected chi connectivity index (χ4v) is 6.85. The molecule has 4 nitrogen and oxygen atoms in total. The first kappa shape index (κ1) is 24.9. The lowest BCUT2D eigenvalue weighted by Crippen LogP contribution is -2.49. The van der Waals surface area contributed by atoms with Crippen LogP contribution in [0.4, 0.5) is 0 Å². The zero-order valence-electron chi connectivity index (χ0n) is 20.0. The van der Waals surface area contributed by atoms with Gasteiger partial charge in [-0.25, -0.2) is 8.42 Å². The molecule has 32 heavy (non-hydrogen) atoms. The van der Waals surface area contributed by atoms with E-state index in [1.165, 1.54) is 0 Å². The van der Waals surface area contributed by atoms with Crippen molar-refractivity contribution in [2.24, 2.45) is 0 Å².